The molecule has 0 radical (unpaired) electrons. The van der Waals surface area contributed by atoms with Crippen LogP contribution >= 0.6 is 0 Å². The van der Waals surface area contributed by atoms with Gasteiger partial charge in [0.05, 0.1) is 12.7 Å². The van der Waals surface area contributed by atoms with E-state index >= 15 is 0 Å². The van der Waals surface area contributed by atoms with E-state index in [9.17, 15) is 9.59 Å². The van der Waals surface area contributed by atoms with E-state index in [0.717, 1.165) is 62.8 Å². The Balaban J connectivity index is 1.06. The lowest BCUT2D eigenvalue weighted by Crippen LogP contribution is -2.60. The molecule has 2 aromatic rings. The second kappa shape index (κ2) is 9.64. The van der Waals surface area contributed by atoms with Crippen LogP contribution in [0.4, 0.5) is 11.5 Å². The van der Waals surface area contributed by atoms with Crippen LogP contribution in [0.1, 0.15) is 36.0 Å². The normalized spacial score (nSPS) is 26.0. The van der Waals surface area contributed by atoms with Gasteiger partial charge in [0.25, 0.3) is 5.91 Å². The molecule has 0 unspecified atom stereocenters. The van der Waals surface area contributed by atoms with Gasteiger partial charge in [0.1, 0.15) is 11.6 Å². The van der Waals surface area contributed by atoms with E-state index in [1.54, 1.807) is 13.3 Å². The zero-order chi connectivity index (χ0) is 24.6. The molecule has 0 spiro atoms. The summed E-state index contributed by atoms with van der Waals surface area (Å²) in [5.74, 6) is 3.22. The number of aromatic nitrogens is 1. The van der Waals surface area contributed by atoms with E-state index in [1.807, 2.05) is 29.2 Å². The zero-order valence-electron chi connectivity index (χ0n) is 21.0. The lowest BCUT2D eigenvalue weighted by Gasteiger charge is -2.52. The lowest BCUT2D eigenvalue weighted by atomic mass is 9.76. The maximum Gasteiger partial charge on any atom is 0.255 e. The average Bonchev–Trinajstić information content (AvgIpc) is 2.93. The van der Waals surface area contributed by atoms with Crippen LogP contribution in [-0.4, -0.2) is 85.6 Å². The molecule has 190 valence electrons. The van der Waals surface area contributed by atoms with Gasteiger partial charge in [-0.05, 0) is 67.5 Å². The number of carbonyl (C=O) groups is 2. The number of anilines is 2. The molecule has 4 aliphatic heterocycles. The summed E-state index contributed by atoms with van der Waals surface area (Å²) in [6.45, 7) is 5.76. The first-order valence-corrected chi connectivity index (χ1v) is 13.3. The van der Waals surface area contributed by atoms with Crippen molar-refractivity contribution in [2.24, 2.45) is 11.8 Å². The van der Waals surface area contributed by atoms with Gasteiger partial charge in [0.2, 0.25) is 5.91 Å². The number of amides is 2. The predicted octanol–water partition coefficient (Wildman–Crippen LogP) is 2.89. The van der Waals surface area contributed by atoms with Crippen molar-refractivity contribution < 1.29 is 14.3 Å². The second-order valence-electron chi connectivity index (χ2n) is 10.7. The lowest BCUT2D eigenvalue weighted by molar-refractivity contribution is -0.142. The Labute approximate surface area is 212 Å². The first-order valence-electron chi connectivity index (χ1n) is 13.3. The fraction of sp³-hybridized carbons (Fsp3) is 0.536. The maximum absolute atomic E-state index is 13.2. The summed E-state index contributed by atoms with van der Waals surface area (Å²) in [6.07, 6.45) is 5.82. The number of rotatable bonds is 4. The van der Waals surface area contributed by atoms with Crippen molar-refractivity contribution in [3.8, 4) is 5.75 Å². The largest absolute Gasteiger partial charge is 0.497 e. The summed E-state index contributed by atoms with van der Waals surface area (Å²) in [5, 5.41) is 0. The molecule has 5 heterocycles. The fourth-order valence-corrected chi connectivity index (χ4v) is 6.64. The number of benzene rings is 1. The van der Waals surface area contributed by atoms with Gasteiger partial charge >= 0.3 is 0 Å². The highest BCUT2D eigenvalue weighted by Gasteiger charge is 2.44. The van der Waals surface area contributed by atoms with Gasteiger partial charge in [-0.3, -0.25) is 9.59 Å². The summed E-state index contributed by atoms with van der Waals surface area (Å²) < 4.78 is 5.25. The van der Waals surface area contributed by atoms with E-state index in [2.05, 4.69) is 26.8 Å². The summed E-state index contributed by atoms with van der Waals surface area (Å²) in [5.41, 5.74) is 1.80. The molecule has 2 bridgehead atoms. The van der Waals surface area contributed by atoms with E-state index < -0.39 is 0 Å². The molecule has 4 saturated heterocycles. The van der Waals surface area contributed by atoms with E-state index in [1.165, 1.54) is 6.42 Å². The van der Waals surface area contributed by atoms with Gasteiger partial charge < -0.3 is 24.3 Å². The third-order valence-electron chi connectivity index (χ3n) is 8.50. The monoisotopic (exact) mass is 489 g/mol. The predicted molar refractivity (Wildman–Crippen MR) is 139 cm³/mol. The summed E-state index contributed by atoms with van der Waals surface area (Å²) >= 11 is 0. The van der Waals surface area contributed by atoms with Crippen molar-refractivity contribution in [3.05, 3.63) is 48.2 Å². The van der Waals surface area contributed by atoms with Crippen molar-refractivity contribution >= 4 is 23.3 Å². The highest BCUT2D eigenvalue weighted by molar-refractivity contribution is 5.94. The average molecular weight is 490 g/mol. The summed E-state index contributed by atoms with van der Waals surface area (Å²) in [6, 6.07) is 12.4. The molecule has 0 aliphatic carbocycles. The van der Waals surface area contributed by atoms with Crippen molar-refractivity contribution in [2.45, 2.75) is 31.7 Å². The fourth-order valence-electron chi connectivity index (χ4n) is 6.64. The minimum atomic E-state index is 0.0512. The highest BCUT2D eigenvalue weighted by Crippen LogP contribution is 2.39. The van der Waals surface area contributed by atoms with Gasteiger partial charge in [0.15, 0.2) is 0 Å². The number of nitrogens with zero attached hydrogens (tertiary/aromatic N) is 5. The second-order valence-corrected chi connectivity index (χ2v) is 10.7. The zero-order valence-corrected chi connectivity index (χ0v) is 21.0. The molecule has 4 aliphatic rings. The number of ether oxygens (including phenoxy) is 1. The van der Waals surface area contributed by atoms with Crippen molar-refractivity contribution in [1.29, 1.82) is 0 Å². The van der Waals surface area contributed by atoms with Crippen LogP contribution in [0, 0.1) is 11.8 Å². The molecule has 4 fully saturated rings. The van der Waals surface area contributed by atoms with Gasteiger partial charge in [-0.2, -0.15) is 0 Å². The van der Waals surface area contributed by atoms with Crippen LogP contribution in [0.15, 0.2) is 42.6 Å². The number of carbonyl (C=O) groups excluding carboxylic acids is 2. The summed E-state index contributed by atoms with van der Waals surface area (Å²) in [7, 11) is 1.67. The Morgan fingerprint density at radius 2 is 1.78 bits per heavy atom. The number of piperidine rings is 3. The smallest absolute Gasteiger partial charge is 0.255 e. The molecule has 1 aromatic carbocycles. The summed E-state index contributed by atoms with van der Waals surface area (Å²) in [4.78, 5) is 39.1. The molecular weight excluding hydrogens is 454 g/mol. The van der Waals surface area contributed by atoms with Crippen LogP contribution in [-0.2, 0) is 4.79 Å². The van der Waals surface area contributed by atoms with Gasteiger partial charge in [-0.1, -0.05) is 0 Å². The topological polar surface area (TPSA) is 69.2 Å². The van der Waals surface area contributed by atoms with Crippen molar-refractivity contribution in [1.82, 2.24) is 14.8 Å². The van der Waals surface area contributed by atoms with Crippen LogP contribution < -0.4 is 14.5 Å². The Morgan fingerprint density at radius 3 is 2.50 bits per heavy atom. The molecule has 36 heavy (non-hydrogen) atoms. The maximum atomic E-state index is 13.2. The number of methoxy groups -OCH3 is 1. The van der Waals surface area contributed by atoms with Crippen LogP contribution in [0.3, 0.4) is 0 Å². The number of hydrogen-bond donors (Lipinski definition) is 0. The third kappa shape index (κ3) is 4.38. The Bertz CT molecular complexity index is 1100. The van der Waals surface area contributed by atoms with Gasteiger partial charge in [-0.15, -0.1) is 0 Å². The number of fused-ring (bicyclic) bond motifs is 4. The van der Waals surface area contributed by atoms with Gasteiger partial charge in [-0.25, -0.2) is 4.98 Å². The molecule has 6 rings (SSSR count). The molecule has 8 nitrogen and oxygen atoms in total. The number of piperazine rings is 1. The molecule has 1 aromatic heterocycles. The van der Waals surface area contributed by atoms with Crippen LogP contribution in [0.5, 0.6) is 5.75 Å². The van der Waals surface area contributed by atoms with Crippen molar-refractivity contribution in [2.75, 3.05) is 62.7 Å². The molecule has 0 N–H and O–H groups in total. The standard InChI is InChI=1S/C28H35N5O3/c1-36-24-8-6-23(7-9-24)30-11-13-31(14-12-30)28(35)21-5-10-26(29-16-21)32-17-20-15-22(19-32)25-3-2-4-27(34)33(25)18-20/h5-10,16,20,22,25H,2-4,11-15,17-19H2,1H3/t20-,22-,25-/m1/s1. The Kier molecular flexibility index (Phi) is 6.19. The minimum absolute atomic E-state index is 0.0512. The third-order valence-corrected chi connectivity index (χ3v) is 8.50. The highest BCUT2D eigenvalue weighted by atomic mass is 16.5. The van der Waals surface area contributed by atoms with E-state index in [0.29, 0.717) is 48.9 Å². The Morgan fingerprint density at radius 1 is 0.972 bits per heavy atom. The first kappa shape index (κ1) is 23.1. The molecule has 3 atom stereocenters. The minimum Gasteiger partial charge on any atom is -0.497 e. The van der Waals surface area contributed by atoms with Crippen molar-refractivity contribution in [3.63, 3.8) is 0 Å². The quantitative estimate of drug-likeness (QED) is 0.658. The molecular formula is C28H35N5O3. The van der Waals surface area contributed by atoms with E-state index in [4.69, 9.17) is 9.72 Å². The molecule has 2 amide bonds. The van der Waals surface area contributed by atoms with Crippen LogP contribution in [0.25, 0.3) is 0 Å². The molecule has 8 heteroatoms. The number of pyridine rings is 1. The SMILES string of the molecule is COc1ccc(N2CCN(C(=O)c3ccc(N4C[C@H]5C[C@H](C4)[C@H]4CCCC(=O)N4C5)nc3)CC2)cc1. The van der Waals surface area contributed by atoms with Crippen LogP contribution in [0.2, 0.25) is 0 Å². The van der Waals surface area contributed by atoms with E-state index in [-0.39, 0.29) is 5.91 Å². The molecule has 0 saturated carbocycles. The first-order chi connectivity index (χ1) is 17.6. The Hall–Kier alpha value is -3.29. The van der Waals surface area contributed by atoms with Gasteiger partial charge in [0, 0.05) is 70.2 Å². The number of hydrogen-bond acceptors (Lipinski definition) is 6.